The monoisotopic (exact) mass is 370 g/mol. The summed E-state index contributed by atoms with van der Waals surface area (Å²) < 4.78 is 32.8. The normalized spacial score (nSPS) is 25.6. The number of thiocarbonyl (C=S) groups is 1. The summed E-state index contributed by atoms with van der Waals surface area (Å²) in [6, 6.07) is 8.16. The maximum absolute atomic E-state index is 13.7. The van der Waals surface area contributed by atoms with E-state index < -0.39 is 35.9 Å². The van der Waals surface area contributed by atoms with Crippen molar-refractivity contribution in [2.45, 2.75) is 36.9 Å². The van der Waals surface area contributed by atoms with E-state index in [1.807, 2.05) is 0 Å². The van der Waals surface area contributed by atoms with E-state index in [-0.39, 0.29) is 18.4 Å². The summed E-state index contributed by atoms with van der Waals surface area (Å²) >= 11 is 4.94. The van der Waals surface area contributed by atoms with Crippen LogP contribution >= 0.6 is 12.2 Å². The molecule has 0 radical (unpaired) electrons. The Balaban J connectivity index is 1.83. The Hall–Kier alpha value is -1.80. The molecular weight excluding hydrogens is 350 g/mol. The van der Waals surface area contributed by atoms with Crippen LogP contribution in [0, 0.1) is 5.92 Å². The molecule has 1 saturated carbocycles. The minimum atomic E-state index is -2.88. The number of alkyl halides is 2. The number of esters is 1. The van der Waals surface area contributed by atoms with Crippen LogP contribution in [0.3, 0.4) is 0 Å². The predicted molar refractivity (Wildman–Crippen MR) is 91.1 cm³/mol. The summed E-state index contributed by atoms with van der Waals surface area (Å²) in [4.78, 5) is 12.8. The van der Waals surface area contributed by atoms with E-state index in [9.17, 15) is 18.7 Å². The molecule has 1 aliphatic heterocycles. The number of carbonyl (C=O) groups is 1. The van der Waals surface area contributed by atoms with Crippen molar-refractivity contribution in [1.82, 2.24) is 10.6 Å². The summed E-state index contributed by atoms with van der Waals surface area (Å²) in [7, 11) is 0. The topological polar surface area (TPSA) is 70.6 Å². The number of hydrogen-bond donors (Lipinski definition) is 3. The molecule has 8 heteroatoms. The Morgan fingerprint density at radius 1 is 1.28 bits per heavy atom. The van der Waals surface area contributed by atoms with Crippen molar-refractivity contribution in [2.24, 2.45) is 5.92 Å². The second kappa shape index (κ2) is 6.84. The van der Waals surface area contributed by atoms with Crippen LogP contribution in [0.4, 0.5) is 8.78 Å². The van der Waals surface area contributed by atoms with Crippen LogP contribution in [-0.4, -0.2) is 41.3 Å². The lowest BCUT2D eigenvalue weighted by Crippen LogP contribution is -2.54. The van der Waals surface area contributed by atoms with Gasteiger partial charge in [-0.15, -0.1) is 0 Å². The van der Waals surface area contributed by atoms with Gasteiger partial charge in [-0.05, 0) is 24.2 Å². The van der Waals surface area contributed by atoms with E-state index in [0.717, 1.165) is 0 Å². The molecule has 25 heavy (non-hydrogen) atoms. The zero-order chi connectivity index (χ0) is 18.1. The maximum atomic E-state index is 13.7. The largest absolute Gasteiger partial charge is 0.456 e. The lowest BCUT2D eigenvalue weighted by Gasteiger charge is -2.35. The van der Waals surface area contributed by atoms with Crippen LogP contribution in [0.15, 0.2) is 30.3 Å². The van der Waals surface area contributed by atoms with Gasteiger partial charge in [0, 0.05) is 18.8 Å². The van der Waals surface area contributed by atoms with Crippen molar-refractivity contribution in [3.05, 3.63) is 35.9 Å². The van der Waals surface area contributed by atoms with Gasteiger partial charge in [0.2, 0.25) is 5.92 Å². The second-order valence-electron chi connectivity index (χ2n) is 6.55. The molecule has 2 fully saturated rings. The van der Waals surface area contributed by atoms with Gasteiger partial charge in [0.15, 0.2) is 10.7 Å². The SMILES string of the molecule is O=C(OC1CNC(=S)NC1)C(O)(c1ccccc1)C1CCC(F)(F)C1. The highest BCUT2D eigenvalue weighted by Crippen LogP contribution is 2.48. The van der Waals surface area contributed by atoms with Crippen molar-refractivity contribution in [3.8, 4) is 0 Å². The number of aliphatic hydroxyl groups is 1. The Bertz CT molecular complexity index is 649. The van der Waals surface area contributed by atoms with Crippen molar-refractivity contribution in [1.29, 1.82) is 0 Å². The molecule has 3 N–H and O–H groups in total. The van der Waals surface area contributed by atoms with Crippen LogP contribution in [0.25, 0.3) is 0 Å². The molecule has 1 saturated heterocycles. The third kappa shape index (κ3) is 3.74. The van der Waals surface area contributed by atoms with Gasteiger partial charge in [0.1, 0.15) is 6.10 Å². The quantitative estimate of drug-likeness (QED) is 0.554. The molecule has 5 nitrogen and oxygen atoms in total. The minimum absolute atomic E-state index is 0.0543. The van der Waals surface area contributed by atoms with Crippen LogP contribution < -0.4 is 10.6 Å². The van der Waals surface area contributed by atoms with E-state index in [2.05, 4.69) is 10.6 Å². The molecule has 1 aliphatic carbocycles. The Morgan fingerprint density at radius 2 is 1.92 bits per heavy atom. The van der Waals surface area contributed by atoms with Crippen LogP contribution in [0.5, 0.6) is 0 Å². The highest BCUT2D eigenvalue weighted by molar-refractivity contribution is 7.80. The molecule has 1 aromatic carbocycles. The van der Waals surface area contributed by atoms with Gasteiger partial charge >= 0.3 is 5.97 Å². The first-order valence-electron chi connectivity index (χ1n) is 8.20. The maximum Gasteiger partial charge on any atom is 0.343 e. The number of hydrogen-bond acceptors (Lipinski definition) is 4. The van der Waals surface area contributed by atoms with Crippen LogP contribution in [-0.2, 0) is 15.1 Å². The van der Waals surface area contributed by atoms with Crippen molar-refractivity contribution >= 4 is 23.3 Å². The zero-order valence-electron chi connectivity index (χ0n) is 13.5. The minimum Gasteiger partial charge on any atom is -0.456 e. The van der Waals surface area contributed by atoms with E-state index in [1.165, 1.54) is 0 Å². The van der Waals surface area contributed by atoms with Gasteiger partial charge in [-0.25, -0.2) is 13.6 Å². The highest BCUT2D eigenvalue weighted by Gasteiger charge is 2.54. The highest BCUT2D eigenvalue weighted by atomic mass is 32.1. The van der Waals surface area contributed by atoms with Gasteiger partial charge in [-0.2, -0.15) is 0 Å². The molecule has 0 amide bonds. The Morgan fingerprint density at radius 3 is 2.48 bits per heavy atom. The van der Waals surface area contributed by atoms with Crippen molar-refractivity contribution in [3.63, 3.8) is 0 Å². The van der Waals surface area contributed by atoms with Gasteiger partial charge in [-0.1, -0.05) is 30.3 Å². The molecule has 2 unspecified atom stereocenters. The van der Waals surface area contributed by atoms with E-state index in [1.54, 1.807) is 30.3 Å². The molecule has 136 valence electrons. The lowest BCUT2D eigenvalue weighted by atomic mass is 9.80. The van der Waals surface area contributed by atoms with E-state index >= 15 is 0 Å². The molecular formula is C17H20F2N2O3S. The summed E-state index contributed by atoms with van der Waals surface area (Å²) in [6.07, 6.45) is -1.38. The van der Waals surface area contributed by atoms with Gasteiger partial charge in [0.25, 0.3) is 0 Å². The first-order valence-corrected chi connectivity index (χ1v) is 8.60. The number of halogens is 2. The third-order valence-electron chi connectivity index (χ3n) is 4.77. The third-order valence-corrected chi connectivity index (χ3v) is 5.06. The van der Waals surface area contributed by atoms with Gasteiger partial charge in [-0.3, -0.25) is 0 Å². The number of ether oxygens (including phenoxy) is 1. The van der Waals surface area contributed by atoms with E-state index in [0.29, 0.717) is 18.2 Å². The lowest BCUT2D eigenvalue weighted by molar-refractivity contribution is -0.180. The van der Waals surface area contributed by atoms with E-state index in [4.69, 9.17) is 17.0 Å². The molecule has 0 spiro atoms. The number of carbonyl (C=O) groups excluding carboxylic acids is 1. The van der Waals surface area contributed by atoms with Crippen molar-refractivity contribution in [2.75, 3.05) is 13.1 Å². The summed E-state index contributed by atoms with van der Waals surface area (Å²) in [5, 5.41) is 17.4. The average molecular weight is 370 g/mol. The second-order valence-corrected chi connectivity index (χ2v) is 6.95. The smallest absolute Gasteiger partial charge is 0.343 e. The fourth-order valence-electron chi connectivity index (χ4n) is 3.39. The molecule has 0 bridgehead atoms. The predicted octanol–water partition coefficient (Wildman–Crippen LogP) is 1.70. The molecule has 2 atom stereocenters. The number of nitrogens with one attached hydrogen (secondary N) is 2. The fourth-order valence-corrected chi connectivity index (χ4v) is 3.56. The number of benzene rings is 1. The van der Waals surface area contributed by atoms with Crippen LogP contribution in [0.1, 0.15) is 24.8 Å². The summed E-state index contributed by atoms with van der Waals surface area (Å²) in [5.74, 6) is -4.68. The first kappa shape index (κ1) is 18.0. The zero-order valence-corrected chi connectivity index (χ0v) is 14.3. The van der Waals surface area contributed by atoms with Gasteiger partial charge < -0.3 is 20.5 Å². The van der Waals surface area contributed by atoms with Crippen LogP contribution in [0.2, 0.25) is 0 Å². The molecule has 3 rings (SSSR count). The fraction of sp³-hybridized carbons (Fsp3) is 0.529. The number of rotatable bonds is 4. The molecule has 1 aromatic rings. The summed E-state index contributed by atoms with van der Waals surface area (Å²) in [5.41, 5.74) is -1.82. The average Bonchev–Trinajstić information content (AvgIpc) is 2.97. The molecule has 1 heterocycles. The van der Waals surface area contributed by atoms with Gasteiger partial charge in [0.05, 0.1) is 13.1 Å². The Labute approximate surface area is 149 Å². The standard InChI is InChI=1S/C17H20F2N2O3S/c18-16(19)7-6-12(8-16)17(23,11-4-2-1-3-5-11)14(22)24-13-9-20-15(25)21-10-13/h1-5,12-13,23H,6-10H2,(H2,20,21,25). The Kier molecular flexibility index (Phi) is 4.92. The molecule has 0 aromatic heterocycles. The van der Waals surface area contributed by atoms with Crippen molar-refractivity contribution < 1.29 is 23.4 Å². The summed E-state index contributed by atoms with van der Waals surface area (Å²) in [6.45, 7) is 0.618. The molecule has 2 aliphatic rings. The first-order chi connectivity index (χ1) is 11.8.